The SMILES string of the molecule is C#CCC(NC(=O)CCCC)NC(=O)C1=C(C)CSC2C(NC(=O)CCC(C)C3CCC4C5C(O)CC6CC(O)CCC6(C)C5CCC34C)C(=O)N12. The van der Waals surface area contributed by atoms with Crippen LogP contribution in [0.2, 0.25) is 0 Å². The highest BCUT2D eigenvalue weighted by atomic mass is 32.2. The summed E-state index contributed by atoms with van der Waals surface area (Å²) in [5.74, 6) is 4.48. The monoisotopic (exact) mass is 738 g/mol. The number of hydrogen-bond donors (Lipinski definition) is 5. The number of terminal acetylenes is 1. The predicted octanol–water partition coefficient (Wildman–Crippen LogP) is 4.84. The van der Waals surface area contributed by atoms with E-state index < -0.39 is 18.1 Å². The number of aliphatic hydroxyl groups excluding tert-OH is 2. The van der Waals surface area contributed by atoms with E-state index in [2.05, 4.69) is 42.6 Å². The maximum Gasteiger partial charge on any atom is 0.269 e. The number of nitrogens with zero attached hydrogens (tertiary/aromatic N) is 1. The van der Waals surface area contributed by atoms with Gasteiger partial charge in [0.2, 0.25) is 11.8 Å². The lowest BCUT2D eigenvalue weighted by atomic mass is 9.43. The van der Waals surface area contributed by atoms with E-state index in [-0.39, 0.29) is 58.3 Å². The zero-order valence-corrected chi connectivity index (χ0v) is 32.7. The van der Waals surface area contributed by atoms with E-state index in [4.69, 9.17) is 6.42 Å². The van der Waals surface area contributed by atoms with Gasteiger partial charge in [-0.3, -0.25) is 24.1 Å². The number of thioether (sulfide) groups is 1. The molecule has 11 heteroatoms. The lowest BCUT2D eigenvalue weighted by Gasteiger charge is -2.62. The van der Waals surface area contributed by atoms with Crippen molar-refractivity contribution in [2.24, 2.45) is 46.3 Å². The molecule has 5 N–H and O–H groups in total. The van der Waals surface area contributed by atoms with Gasteiger partial charge in [-0.05, 0) is 123 Å². The molecule has 13 atom stereocenters. The Balaban J connectivity index is 1.02. The van der Waals surface area contributed by atoms with Crippen LogP contribution in [-0.2, 0) is 19.2 Å². The molecule has 0 aromatic heterocycles. The average molecular weight is 739 g/mol. The molecule has 1 saturated heterocycles. The minimum atomic E-state index is -0.744. The van der Waals surface area contributed by atoms with Crippen LogP contribution < -0.4 is 16.0 Å². The zero-order chi connectivity index (χ0) is 37.5. The van der Waals surface area contributed by atoms with Gasteiger partial charge in [-0.1, -0.05) is 34.1 Å². The van der Waals surface area contributed by atoms with Crippen LogP contribution in [-0.4, -0.2) is 74.3 Å². The van der Waals surface area contributed by atoms with Gasteiger partial charge in [-0.15, -0.1) is 24.1 Å². The molecule has 0 spiro atoms. The fourth-order valence-corrected chi connectivity index (χ4v) is 13.2. The fraction of sp³-hybridized carbons (Fsp3) is 0.805. The molecule has 10 nitrogen and oxygen atoms in total. The number of carbonyl (C=O) groups is 4. The molecule has 13 unspecified atom stereocenters. The Bertz CT molecular complexity index is 1480. The molecule has 6 rings (SSSR count). The molecule has 0 bridgehead atoms. The Labute approximate surface area is 314 Å². The molecule has 4 saturated carbocycles. The Morgan fingerprint density at radius 2 is 1.75 bits per heavy atom. The first-order valence-electron chi connectivity index (χ1n) is 20.1. The van der Waals surface area contributed by atoms with Crippen molar-refractivity contribution in [1.82, 2.24) is 20.9 Å². The van der Waals surface area contributed by atoms with Gasteiger partial charge >= 0.3 is 0 Å². The summed E-state index contributed by atoms with van der Waals surface area (Å²) in [5, 5.41) is 30.2. The molecule has 5 fully saturated rings. The molecule has 2 aliphatic heterocycles. The van der Waals surface area contributed by atoms with Crippen molar-refractivity contribution in [3.8, 4) is 12.3 Å². The lowest BCUT2D eigenvalue weighted by molar-refractivity contribution is -0.174. The molecule has 6 aliphatic rings. The van der Waals surface area contributed by atoms with Gasteiger partial charge in [0.15, 0.2) is 0 Å². The molecule has 0 aromatic rings. The number of hydrogen-bond acceptors (Lipinski definition) is 7. The second-order valence-electron chi connectivity index (χ2n) is 17.7. The quantitative estimate of drug-likeness (QED) is 0.109. The predicted molar refractivity (Wildman–Crippen MR) is 202 cm³/mol. The normalized spacial score (nSPS) is 39.1. The summed E-state index contributed by atoms with van der Waals surface area (Å²) in [6, 6.07) is -0.693. The highest BCUT2D eigenvalue weighted by Gasteiger charge is 2.63. The topological polar surface area (TPSA) is 148 Å². The van der Waals surface area contributed by atoms with Gasteiger partial charge in [0.1, 0.15) is 23.3 Å². The van der Waals surface area contributed by atoms with Crippen LogP contribution in [0.1, 0.15) is 125 Å². The summed E-state index contributed by atoms with van der Waals surface area (Å²) in [7, 11) is 0. The van der Waals surface area contributed by atoms with Crippen LogP contribution in [0.3, 0.4) is 0 Å². The number of β-lactam (4-membered cyclic amide) rings is 1. The number of unbranched alkanes of at least 4 members (excludes halogenated alkanes) is 1. The maximum absolute atomic E-state index is 13.5. The first kappa shape index (κ1) is 39.2. The largest absolute Gasteiger partial charge is 0.393 e. The lowest BCUT2D eigenvalue weighted by Crippen LogP contribution is -2.71. The van der Waals surface area contributed by atoms with Crippen molar-refractivity contribution in [3.63, 3.8) is 0 Å². The summed E-state index contributed by atoms with van der Waals surface area (Å²) in [5.41, 5.74) is 1.36. The van der Waals surface area contributed by atoms with Gasteiger partial charge in [0.05, 0.1) is 12.2 Å². The minimum absolute atomic E-state index is 0.120. The molecule has 4 aliphatic carbocycles. The summed E-state index contributed by atoms with van der Waals surface area (Å²) in [6.07, 6.45) is 15.5. The molecule has 52 heavy (non-hydrogen) atoms. The first-order valence-corrected chi connectivity index (χ1v) is 21.1. The van der Waals surface area contributed by atoms with E-state index in [1.165, 1.54) is 16.7 Å². The van der Waals surface area contributed by atoms with Crippen LogP contribution in [0, 0.1) is 58.7 Å². The molecule has 0 aromatic carbocycles. The van der Waals surface area contributed by atoms with Gasteiger partial charge in [0, 0.05) is 25.0 Å². The van der Waals surface area contributed by atoms with Crippen molar-refractivity contribution in [2.75, 3.05) is 5.75 Å². The Hall–Kier alpha value is -2.55. The number of nitrogens with one attached hydrogen (secondary N) is 3. The number of fused-ring (bicyclic) bond motifs is 6. The molecule has 4 amide bonds. The molecule has 288 valence electrons. The Morgan fingerprint density at radius 1 is 1.02 bits per heavy atom. The Kier molecular flexibility index (Phi) is 11.8. The van der Waals surface area contributed by atoms with Gasteiger partial charge in [0.25, 0.3) is 11.8 Å². The van der Waals surface area contributed by atoms with Gasteiger partial charge < -0.3 is 26.2 Å². The standard InChI is InChI=1S/C41H62N4O6S/c1-7-9-11-32(48)42-31(10-8-2)43-37(50)36-24(4)22-52-39-35(38(51)45(36)39)44-33(49)15-12-23(3)27-13-14-28-34-29(17-19-41(27,28)6)40(5)18-16-26(46)20-25(40)21-30(34)47/h2,23,25-31,34-35,39,46-47H,7,9-22H2,1,3-6H3,(H,42,48)(H,43,50)(H,44,49). The van der Waals surface area contributed by atoms with Crippen molar-refractivity contribution >= 4 is 35.4 Å². The van der Waals surface area contributed by atoms with E-state index in [1.807, 2.05) is 13.8 Å². The minimum Gasteiger partial charge on any atom is -0.393 e. The van der Waals surface area contributed by atoms with Crippen molar-refractivity contribution in [2.45, 2.75) is 154 Å². The second-order valence-corrected chi connectivity index (χ2v) is 18.8. The smallest absolute Gasteiger partial charge is 0.269 e. The Morgan fingerprint density at radius 3 is 2.48 bits per heavy atom. The zero-order valence-electron chi connectivity index (χ0n) is 31.9. The van der Waals surface area contributed by atoms with Crippen LogP contribution in [0.15, 0.2) is 11.3 Å². The molecular formula is C41H62N4O6S. The molecular weight excluding hydrogens is 677 g/mol. The number of aliphatic hydroxyl groups is 2. The van der Waals surface area contributed by atoms with Crippen molar-refractivity contribution in [3.05, 3.63) is 11.3 Å². The summed E-state index contributed by atoms with van der Waals surface area (Å²) >= 11 is 1.53. The van der Waals surface area contributed by atoms with E-state index in [9.17, 15) is 29.4 Å². The van der Waals surface area contributed by atoms with E-state index in [0.29, 0.717) is 54.1 Å². The second kappa shape index (κ2) is 15.7. The third-order valence-corrected chi connectivity index (χ3v) is 16.1. The number of carbonyl (C=O) groups excluding carboxylic acids is 4. The number of amides is 4. The molecule has 0 radical (unpaired) electrons. The number of rotatable bonds is 12. The van der Waals surface area contributed by atoms with Gasteiger partial charge in [-0.25, -0.2) is 0 Å². The van der Waals surface area contributed by atoms with Crippen LogP contribution in [0.4, 0.5) is 0 Å². The fourth-order valence-electron chi connectivity index (χ4n) is 11.9. The third kappa shape index (κ3) is 7.18. The highest BCUT2D eigenvalue weighted by molar-refractivity contribution is 8.00. The van der Waals surface area contributed by atoms with Crippen LogP contribution in [0.5, 0.6) is 0 Å². The van der Waals surface area contributed by atoms with Gasteiger partial charge in [-0.2, -0.15) is 0 Å². The summed E-state index contributed by atoms with van der Waals surface area (Å²) < 4.78 is 0. The maximum atomic E-state index is 13.5. The first-order chi connectivity index (χ1) is 24.7. The van der Waals surface area contributed by atoms with Crippen LogP contribution in [0.25, 0.3) is 0 Å². The third-order valence-electron chi connectivity index (χ3n) is 14.7. The average Bonchev–Trinajstić information content (AvgIpc) is 3.46. The molecule has 2 heterocycles. The van der Waals surface area contributed by atoms with Crippen molar-refractivity contribution in [1.29, 1.82) is 0 Å². The van der Waals surface area contributed by atoms with E-state index in [0.717, 1.165) is 76.2 Å². The van der Waals surface area contributed by atoms with E-state index >= 15 is 0 Å². The van der Waals surface area contributed by atoms with Crippen molar-refractivity contribution < 1.29 is 29.4 Å². The van der Waals surface area contributed by atoms with E-state index in [1.54, 1.807) is 0 Å². The summed E-state index contributed by atoms with van der Waals surface area (Å²) in [6.45, 7) is 11.0. The van der Waals surface area contributed by atoms with Crippen LogP contribution >= 0.6 is 11.8 Å². The summed E-state index contributed by atoms with van der Waals surface area (Å²) in [4.78, 5) is 54.1. The highest BCUT2D eigenvalue weighted by Crippen LogP contribution is 2.68.